The van der Waals surface area contributed by atoms with Crippen LogP contribution in [-0.4, -0.2) is 23.7 Å². The monoisotopic (exact) mass is 243 g/mol. The summed E-state index contributed by atoms with van der Waals surface area (Å²) in [5.41, 5.74) is 0.0348. The lowest BCUT2D eigenvalue weighted by molar-refractivity contribution is 0.0909. The minimum Gasteiger partial charge on any atom is -0.391 e. The Morgan fingerprint density at radius 2 is 2.12 bits per heavy atom. The van der Waals surface area contributed by atoms with Crippen molar-refractivity contribution in [3.63, 3.8) is 0 Å². The lowest BCUT2D eigenvalue weighted by Crippen LogP contribution is -2.32. The van der Waals surface area contributed by atoms with E-state index in [1.807, 2.05) is 6.92 Å². The molecule has 1 atom stereocenters. The third-order valence-corrected chi connectivity index (χ3v) is 2.30. The summed E-state index contributed by atoms with van der Waals surface area (Å²) in [7, 11) is 0. The quantitative estimate of drug-likeness (QED) is 0.829. The molecule has 0 aliphatic heterocycles. The number of rotatable bonds is 5. The highest BCUT2D eigenvalue weighted by Gasteiger charge is 2.10. The van der Waals surface area contributed by atoms with Gasteiger partial charge in [0.15, 0.2) is 11.6 Å². The molecular formula is C12H15F2NO2. The molecule has 1 aromatic carbocycles. The summed E-state index contributed by atoms with van der Waals surface area (Å²) in [6.07, 6.45) is 0.773. The smallest absolute Gasteiger partial charge is 0.251 e. The van der Waals surface area contributed by atoms with Gasteiger partial charge in [-0.1, -0.05) is 13.3 Å². The highest BCUT2D eigenvalue weighted by molar-refractivity contribution is 5.94. The number of halogens is 2. The van der Waals surface area contributed by atoms with Crippen LogP contribution >= 0.6 is 0 Å². The molecule has 94 valence electrons. The summed E-state index contributed by atoms with van der Waals surface area (Å²) < 4.78 is 25.5. The fourth-order valence-electron chi connectivity index (χ4n) is 1.39. The predicted molar refractivity (Wildman–Crippen MR) is 59.6 cm³/mol. The predicted octanol–water partition coefficient (Wildman–Crippen LogP) is 1.86. The molecule has 0 saturated carbocycles. The van der Waals surface area contributed by atoms with Gasteiger partial charge in [-0.15, -0.1) is 0 Å². The number of benzene rings is 1. The molecule has 0 bridgehead atoms. The summed E-state index contributed by atoms with van der Waals surface area (Å²) in [5, 5.41) is 11.8. The minimum absolute atomic E-state index is 0.0348. The van der Waals surface area contributed by atoms with E-state index >= 15 is 0 Å². The first-order valence-electron chi connectivity index (χ1n) is 5.46. The molecule has 2 N–H and O–H groups in total. The highest BCUT2D eigenvalue weighted by atomic mass is 19.2. The molecule has 0 spiro atoms. The summed E-state index contributed by atoms with van der Waals surface area (Å²) in [5.74, 6) is -2.58. The van der Waals surface area contributed by atoms with Gasteiger partial charge in [0.1, 0.15) is 0 Å². The van der Waals surface area contributed by atoms with E-state index in [0.717, 1.165) is 18.6 Å². The van der Waals surface area contributed by atoms with Crippen molar-refractivity contribution < 1.29 is 18.7 Å². The van der Waals surface area contributed by atoms with Gasteiger partial charge < -0.3 is 10.4 Å². The highest BCUT2D eigenvalue weighted by Crippen LogP contribution is 2.08. The van der Waals surface area contributed by atoms with E-state index in [1.165, 1.54) is 6.07 Å². The van der Waals surface area contributed by atoms with Crippen LogP contribution in [0, 0.1) is 11.6 Å². The lowest BCUT2D eigenvalue weighted by atomic mass is 10.2. The SMILES string of the molecule is CCCC(O)CNC(=O)c1ccc(F)c(F)c1. The molecule has 17 heavy (non-hydrogen) atoms. The van der Waals surface area contributed by atoms with Gasteiger partial charge in [-0.3, -0.25) is 4.79 Å². The second-order valence-corrected chi connectivity index (χ2v) is 3.78. The van der Waals surface area contributed by atoms with E-state index in [0.29, 0.717) is 6.42 Å². The molecular weight excluding hydrogens is 228 g/mol. The second kappa shape index (κ2) is 6.30. The van der Waals surface area contributed by atoms with E-state index in [4.69, 9.17) is 0 Å². The van der Waals surface area contributed by atoms with Gasteiger partial charge in [-0.2, -0.15) is 0 Å². The summed E-state index contributed by atoms with van der Waals surface area (Å²) >= 11 is 0. The van der Waals surface area contributed by atoms with E-state index in [2.05, 4.69) is 5.32 Å². The molecule has 0 radical (unpaired) electrons. The van der Waals surface area contributed by atoms with Crippen LogP contribution in [0.5, 0.6) is 0 Å². The fourth-order valence-corrected chi connectivity index (χ4v) is 1.39. The standard InChI is InChI=1S/C12H15F2NO2/c1-2-3-9(16)7-15-12(17)8-4-5-10(13)11(14)6-8/h4-6,9,16H,2-3,7H2,1H3,(H,15,17). The molecule has 1 aromatic rings. The van der Waals surface area contributed by atoms with Gasteiger partial charge in [0.05, 0.1) is 6.10 Å². The van der Waals surface area contributed by atoms with E-state index < -0.39 is 23.6 Å². The lowest BCUT2D eigenvalue weighted by Gasteiger charge is -2.10. The van der Waals surface area contributed by atoms with E-state index in [1.54, 1.807) is 0 Å². The first-order chi connectivity index (χ1) is 8.04. The first-order valence-corrected chi connectivity index (χ1v) is 5.46. The molecule has 5 heteroatoms. The fraction of sp³-hybridized carbons (Fsp3) is 0.417. The Morgan fingerprint density at radius 1 is 1.41 bits per heavy atom. The number of hydrogen-bond donors (Lipinski definition) is 2. The summed E-state index contributed by atoms with van der Waals surface area (Å²) in [4.78, 5) is 11.5. The van der Waals surface area contributed by atoms with Gasteiger partial charge in [-0.05, 0) is 24.6 Å². The molecule has 0 saturated heterocycles. The Hall–Kier alpha value is -1.49. The molecule has 0 aliphatic carbocycles. The molecule has 1 unspecified atom stereocenters. The van der Waals surface area contributed by atoms with Crippen LogP contribution in [0.2, 0.25) is 0 Å². The largest absolute Gasteiger partial charge is 0.391 e. The second-order valence-electron chi connectivity index (χ2n) is 3.78. The molecule has 0 heterocycles. The molecule has 0 fully saturated rings. The van der Waals surface area contributed by atoms with Crippen LogP contribution in [0.3, 0.4) is 0 Å². The van der Waals surface area contributed by atoms with E-state index in [-0.39, 0.29) is 12.1 Å². The molecule has 1 rings (SSSR count). The zero-order valence-corrected chi connectivity index (χ0v) is 9.54. The topological polar surface area (TPSA) is 49.3 Å². The number of amides is 1. The number of carbonyl (C=O) groups excluding carboxylic acids is 1. The summed E-state index contributed by atoms with van der Waals surface area (Å²) in [6.45, 7) is 2.02. The number of nitrogens with one attached hydrogen (secondary N) is 1. The van der Waals surface area contributed by atoms with Crippen molar-refractivity contribution in [2.24, 2.45) is 0 Å². The number of hydrogen-bond acceptors (Lipinski definition) is 2. The Morgan fingerprint density at radius 3 is 2.71 bits per heavy atom. The van der Waals surface area contributed by atoms with Gasteiger partial charge in [0, 0.05) is 12.1 Å². The van der Waals surface area contributed by atoms with Crippen LogP contribution in [0.4, 0.5) is 8.78 Å². The van der Waals surface area contributed by atoms with Gasteiger partial charge >= 0.3 is 0 Å². The average molecular weight is 243 g/mol. The minimum atomic E-state index is -1.06. The molecule has 0 aliphatic rings. The van der Waals surface area contributed by atoms with Crippen LogP contribution in [0.1, 0.15) is 30.1 Å². The zero-order valence-electron chi connectivity index (χ0n) is 9.54. The first kappa shape index (κ1) is 13.6. The number of aliphatic hydroxyl groups excluding tert-OH is 1. The molecule has 3 nitrogen and oxygen atoms in total. The van der Waals surface area contributed by atoms with Crippen LogP contribution < -0.4 is 5.32 Å². The average Bonchev–Trinajstić information content (AvgIpc) is 2.30. The summed E-state index contributed by atoms with van der Waals surface area (Å²) in [6, 6.07) is 2.92. The Kier molecular flexibility index (Phi) is 5.03. The maximum absolute atomic E-state index is 12.9. The van der Waals surface area contributed by atoms with Gasteiger partial charge in [-0.25, -0.2) is 8.78 Å². The van der Waals surface area contributed by atoms with Crippen LogP contribution in [0.15, 0.2) is 18.2 Å². The van der Waals surface area contributed by atoms with Gasteiger partial charge in [0.2, 0.25) is 0 Å². The van der Waals surface area contributed by atoms with Gasteiger partial charge in [0.25, 0.3) is 5.91 Å². The van der Waals surface area contributed by atoms with Crippen molar-refractivity contribution in [1.29, 1.82) is 0 Å². The maximum atomic E-state index is 12.9. The van der Waals surface area contributed by atoms with Crippen molar-refractivity contribution in [3.8, 4) is 0 Å². The Labute approximate surface area is 98.5 Å². The van der Waals surface area contributed by atoms with Crippen molar-refractivity contribution in [2.45, 2.75) is 25.9 Å². The van der Waals surface area contributed by atoms with Crippen molar-refractivity contribution in [3.05, 3.63) is 35.4 Å². The zero-order chi connectivity index (χ0) is 12.8. The molecule has 1 amide bonds. The van der Waals surface area contributed by atoms with E-state index in [9.17, 15) is 18.7 Å². The Balaban J connectivity index is 2.55. The van der Waals surface area contributed by atoms with Crippen LogP contribution in [0.25, 0.3) is 0 Å². The Bertz CT molecular complexity index is 396. The third-order valence-electron chi connectivity index (χ3n) is 2.30. The molecule has 0 aromatic heterocycles. The van der Waals surface area contributed by atoms with Crippen molar-refractivity contribution in [2.75, 3.05) is 6.54 Å². The third kappa shape index (κ3) is 4.11. The normalized spacial score (nSPS) is 12.2. The number of carbonyl (C=O) groups is 1. The van der Waals surface area contributed by atoms with Crippen molar-refractivity contribution >= 4 is 5.91 Å². The maximum Gasteiger partial charge on any atom is 0.251 e. The van der Waals surface area contributed by atoms with Crippen molar-refractivity contribution in [1.82, 2.24) is 5.32 Å². The van der Waals surface area contributed by atoms with Crippen LogP contribution in [-0.2, 0) is 0 Å². The number of aliphatic hydroxyl groups is 1.